The van der Waals surface area contributed by atoms with E-state index >= 15 is 0 Å². The monoisotopic (exact) mass is 360 g/mol. The maximum Gasteiger partial charge on any atom is 0.261 e. The Labute approximate surface area is 149 Å². The Hall–Kier alpha value is -2.25. The summed E-state index contributed by atoms with van der Waals surface area (Å²) < 4.78 is 14.9. The average Bonchev–Trinajstić information content (AvgIpc) is 3.16. The molecular formula is C18H21FN4OS. The molecule has 0 aliphatic rings. The summed E-state index contributed by atoms with van der Waals surface area (Å²) in [6, 6.07) is 8.04. The third-order valence-corrected chi connectivity index (χ3v) is 4.96. The van der Waals surface area contributed by atoms with Crippen molar-refractivity contribution in [2.75, 3.05) is 19.6 Å². The van der Waals surface area contributed by atoms with E-state index in [2.05, 4.69) is 22.7 Å². The van der Waals surface area contributed by atoms with E-state index in [9.17, 15) is 9.18 Å². The van der Waals surface area contributed by atoms with Gasteiger partial charge in [0, 0.05) is 18.5 Å². The van der Waals surface area contributed by atoms with Crippen LogP contribution in [0.5, 0.6) is 0 Å². The molecule has 2 N–H and O–H groups in total. The number of aryl methyl sites for hydroxylation is 1. The lowest BCUT2D eigenvalue weighted by atomic mass is 10.3. The van der Waals surface area contributed by atoms with E-state index in [0.29, 0.717) is 11.4 Å². The number of halogens is 1. The van der Waals surface area contributed by atoms with Crippen molar-refractivity contribution in [3.8, 4) is 5.69 Å². The number of hydrogen-bond acceptors (Lipinski definition) is 4. The highest BCUT2D eigenvalue weighted by molar-refractivity contribution is 7.20. The van der Waals surface area contributed by atoms with Gasteiger partial charge in [-0.05, 0) is 50.2 Å². The van der Waals surface area contributed by atoms with Gasteiger partial charge >= 0.3 is 0 Å². The van der Waals surface area contributed by atoms with Crippen LogP contribution in [0, 0.1) is 12.7 Å². The van der Waals surface area contributed by atoms with Crippen LogP contribution in [-0.2, 0) is 0 Å². The Kier molecular flexibility index (Phi) is 5.45. The Morgan fingerprint density at radius 1 is 1.24 bits per heavy atom. The van der Waals surface area contributed by atoms with E-state index in [-0.39, 0.29) is 11.7 Å². The van der Waals surface area contributed by atoms with Crippen molar-refractivity contribution in [1.29, 1.82) is 0 Å². The minimum absolute atomic E-state index is 0.0791. The zero-order chi connectivity index (χ0) is 17.8. The van der Waals surface area contributed by atoms with Gasteiger partial charge in [-0.25, -0.2) is 9.07 Å². The van der Waals surface area contributed by atoms with E-state index in [4.69, 9.17) is 0 Å². The molecule has 2 aromatic heterocycles. The first-order chi connectivity index (χ1) is 12.1. The van der Waals surface area contributed by atoms with Crippen LogP contribution >= 0.6 is 11.3 Å². The maximum absolute atomic E-state index is 13.1. The number of thiophene rings is 1. The summed E-state index contributed by atoms with van der Waals surface area (Å²) in [5, 5.41) is 11.6. The van der Waals surface area contributed by atoms with Gasteiger partial charge in [0.1, 0.15) is 10.6 Å². The van der Waals surface area contributed by atoms with Crippen LogP contribution in [0.2, 0.25) is 0 Å². The lowest BCUT2D eigenvalue weighted by Crippen LogP contribution is -2.31. The molecule has 3 aromatic rings. The number of nitrogens with zero attached hydrogens (tertiary/aromatic N) is 2. The van der Waals surface area contributed by atoms with Crippen LogP contribution in [-0.4, -0.2) is 35.3 Å². The predicted molar refractivity (Wildman–Crippen MR) is 99.1 cm³/mol. The quantitative estimate of drug-likeness (QED) is 0.636. The number of fused-ring (bicyclic) bond motifs is 1. The first-order valence-electron chi connectivity index (χ1n) is 8.34. The van der Waals surface area contributed by atoms with E-state index in [1.807, 2.05) is 13.0 Å². The molecule has 0 atom stereocenters. The molecule has 0 bridgehead atoms. The smallest absolute Gasteiger partial charge is 0.261 e. The van der Waals surface area contributed by atoms with Crippen LogP contribution in [0.3, 0.4) is 0 Å². The summed E-state index contributed by atoms with van der Waals surface area (Å²) in [7, 11) is 0. The Morgan fingerprint density at radius 3 is 2.72 bits per heavy atom. The minimum atomic E-state index is -0.285. The normalized spacial score (nSPS) is 11.2. The van der Waals surface area contributed by atoms with E-state index in [0.717, 1.165) is 41.1 Å². The average molecular weight is 360 g/mol. The molecular weight excluding hydrogens is 339 g/mol. The molecule has 3 rings (SSSR count). The number of carbonyl (C=O) groups excluding carboxylic acids is 1. The molecule has 132 valence electrons. The molecule has 7 heteroatoms. The molecule has 0 aliphatic carbocycles. The largest absolute Gasteiger partial charge is 0.350 e. The fraction of sp³-hybridized carbons (Fsp3) is 0.333. The van der Waals surface area contributed by atoms with Crippen molar-refractivity contribution in [3.05, 3.63) is 46.7 Å². The van der Waals surface area contributed by atoms with Crippen molar-refractivity contribution in [3.63, 3.8) is 0 Å². The van der Waals surface area contributed by atoms with Gasteiger partial charge in [0.2, 0.25) is 0 Å². The van der Waals surface area contributed by atoms with Crippen molar-refractivity contribution in [2.24, 2.45) is 0 Å². The fourth-order valence-corrected chi connectivity index (χ4v) is 3.67. The summed E-state index contributed by atoms with van der Waals surface area (Å²) in [5.74, 6) is -0.364. The minimum Gasteiger partial charge on any atom is -0.350 e. The van der Waals surface area contributed by atoms with Gasteiger partial charge in [-0.3, -0.25) is 4.79 Å². The Balaban J connectivity index is 1.79. The molecule has 0 radical (unpaired) electrons. The molecule has 1 aromatic carbocycles. The molecule has 0 aliphatic heterocycles. The van der Waals surface area contributed by atoms with Crippen molar-refractivity contribution in [1.82, 2.24) is 20.4 Å². The molecule has 5 nitrogen and oxygen atoms in total. The number of aromatic nitrogens is 2. The molecule has 0 spiro atoms. The highest BCUT2D eigenvalue weighted by Gasteiger charge is 2.17. The van der Waals surface area contributed by atoms with Crippen LogP contribution in [0.15, 0.2) is 30.3 Å². The van der Waals surface area contributed by atoms with Gasteiger partial charge in [-0.15, -0.1) is 11.3 Å². The molecule has 0 saturated heterocycles. The molecule has 0 unspecified atom stereocenters. The number of rotatable bonds is 7. The first kappa shape index (κ1) is 17.6. The zero-order valence-corrected chi connectivity index (χ0v) is 15.1. The summed E-state index contributed by atoms with van der Waals surface area (Å²) >= 11 is 1.39. The number of amides is 1. The molecule has 0 saturated carbocycles. The van der Waals surface area contributed by atoms with Gasteiger partial charge in [0.15, 0.2) is 0 Å². The van der Waals surface area contributed by atoms with Crippen LogP contribution in [0.25, 0.3) is 15.9 Å². The lowest BCUT2D eigenvalue weighted by Gasteiger charge is -2.04. The van der Waals surface area contributed by atoms with Gasteiger partial charge in [0.25, 0.3) is 5.91 Å². The van der Waals surface area contributed by atoms with E-state index in [1.165, 1.54) is 23.5 Å². The predicted octanol–water partition coefficient (Wildman–Crippen LogP) is 3.26. The van der Waals surface area contributed by atoms with Crippen molar-refractivity contribution >= 4 is 27.5 Å². The molecule has 0 fully saturated rings. The SMILES string of the molecule is CCCNCCNC(=O)c1cc2c(C)nn(-c3ccc(F)cc3)c2s1. The maximum atomic E-state index is 13.1. The van der Waals surface area contributed by atoms with Crippen LogP contribution in [0.4, 0.5) is 4.39 Å². The fourth-order valence-electron chi connectivity index (χ4n) is 2.57. The second-order valence-corrected chi connectivity index (χ2v) is 6.84. The van der Waals surface area contributed by atoms with Gasteiger partial charge in [0.05, 0.1) is 16.3 Å². The standard InChI is InChI=1S/C18H21FN4OS/c1-3-8-20-9-10-21-17(24)16-11-15-12(2)22-23(18(15)25-16)14-6-4-13(19)5-7-14/h4-7,11,20H,3,8-10H2,1-2H3,(H,21,24). The Bertz CT molecular complexity index is 869. The van der Waals surface area contributed by atoms with Gasteiger partial charge in [-0.2, -0.15) is 5.10 Å². The lowest BCUT2D eigenvalue weighted by molar-refractivity contribution is 0.0958. The summed E-state index contributed by atoms with van der Waals surface area (Å²) in [6.45, 7) is 6.31. The molecule has 1 amide bonds. The number of carbonyl (C=O) groups is 1. The number of hydrogen-bond donors (Lipinski definition) is 2. The second kappa shape index (κ2) is 7.76. The Morgan fingerprint density at radius 2 is 2.00 bits per heavy atom. The summed E-state index contributed by atoms with van der Waals surface area (Å²) in [5.41, 5.74) is 1.62. The topological polar surface area (TPSA) is 58.9 Å². The number of nitrogens with one attached hydrogen (secondary N) is 2. The molecule has 25 heavy (non-hydrogen) atoms. The third kappa shape index (κ3) is 3.88. The second-order valence-electron chi connectivity index (χ2n) is 5.81. The summed E-state index contributed by atoms with van der Waals surface area (Å²) in [6.07, 6.45) is 1.07. The molecule has 2 heterocycles. The highest BCUT2D eigenvalue weighted by Crippen LogP contribution is 2.30. The van der Waals surface area contributed by atoms with Crippen LogP contribution in [0.1, 0.15) is 28.7 Å². The summed E-state index contributed by atoms with van der Waals surface area (Å²) in [4.78, 5) is 13.9. The third-order valence-electron chi connectivity index (χ3n) is 3.85. The number of benzene rings is 1. The van der Waals surface area contributed by atoms with Crippen LogP contribution < -0.4 is 10.6 Å². The highest BCUT2D eigenvalue weighted by atomic mass is 32.1. The van der Waals surface area contributed by atoms with E-state index < -0.39 is 0 Å². The van der Waals surface area contributed by atoms with Gasteiger partial charge < -0.3 is 10.6 Å². The first-order valence-corrected chi connectivity index (χ1v) is 9.16. The van der Waals surface area contributed by atoms with Crippen molar-refractivity contribution < 1.29 is 9.18 Å². The zero-order valence-electron chi connectivity index (χ0n) is 14.3. The van der Waals surface area contributed by atoms with Crippen molar-refractivity contribution in [2.45, 2.75) is 20.3 Å². The van der Waals surface area contributed by atoms with Gasteiger partial charge in [-0.1, -0.05) is 6.92 Å². The van der Waals surface area contributed by atoms with E-state index in [1.54, 1.807) is 16.8 Å².